The number of aromatic nitrogens is 1. The molecule has 0 aliphatic carbocycles. The van der Waals surface area contributed by atoms with Crippen molar-refractivity contribution in [3.05, 3.63) is 63.6 Å². The van der Waals surface area contributed by atoms with E-state index in [1.165, 1.54) is 31.6 Å². The van der Waals surface area contributed by atoms with Crippen LogP contribution in [0.1, 0.15) is 26.6 Å². The van der Waals surface area contributed by atoms with Crippen molar-refractivity contribution in [1.29, 1.82) is 0 Å². The zero-order valence-electron chi connectivity index (χ0n) is 22.4. The Labute approximate surface area is 235 Å². The fourth-order valence-corrected chi connectivity index (χ4v) is 5.26. The van der Waals surface area contributed by atoms with Gasteiger partial charge in [0.15, 0.2) is 29.6 Å². The molecule has 210 valence electrons. The average molecular weight is 567 g/mol. The third kappa shape index (κ3) is 6.12. The topological polar surface area (TPSA) is 128 Å². The van der Waals surface area contributed by atoms with Gasteiger partial charge >= 0.3 is 0 Å². The van der Waals surface area contributed by atoms with E-state index < -0.39 is 12.1 Å². The van der Waals surface area contributed by atoms with Crippen LogP contribution in [-0.2, 0) is 22.6 Å². The minimum atomic E-state index is -0.547. The van der Waals surface area contributed by atoms with E-state index in [1.54, 1.807) is 29.2 Å². The number of thiazole rings is 1. The van der Waals surface area contributed by atoms with Crippen LogP contribution in [0.15, 0.2) is 41.8 Å². The van der Waals surface area contributed by atoms with Crippen LogP contribution in [0.5, 0.6) is 23.0 Å². The standard InChI is InChI=1S/C28H30N4O7S/c1-16-30-19(15-40-16)10-27(34)32-12-20-25(13-32)39-22-6-4-17(8-23(22)37-3)11-29-26(33)14-38-24-9-18(28(35)31-20)5-7-21(24)36-2/h4-9,15,20,25H,10-14H2,1-3H3,(H,29,33)(H,31,35)/t20-,25-/m0/s1. The number of fused-ring (bicyclic) bond motifs is 7. The normalized spacial score (nSPS) is 19.0. The Balaban J connectivity index is 1.45. The Bertz CT molecular complexity index is 1430. The highest BCUT2D eigenvalue weighted by atomic mass is 32.1. The van der Waals surface area contributed by atoms with Crippen molar-refractivity contribution in [3.63, 3.8) is 0 Å². The van der Waals surface area contributed by atoms with E-state index in [-0.39, 0.29) is 56.1 Å². The van der Waals surface area contributed by atoms with E-state index in [0.29, 0.717) is 28.5 Å². The lowest BCUT2D eigenvalue weighted by molar-refractivity contribution is -0.129. The number of nitrogens with one attached hydrogen (secondary N) is 2. The van der Waals surface area contributed by atoms with Crippen molar-refractivity contribution in [2.75, 3.05) is 33.9 Å². The quantitative estimate of drug-likeness (QED) is 0.492. The van der Waals surface area contributed by atoms with Gasteiger partial charge in [0.25, 0.3) is 11.8 Å². The Morgan fingerprint density at radius 3 is 2.67 bits per heavy atom. The average Bonchev–Trinajstić information content (AvgIpc) is 3.55. The van der Waals surface area contributed by atoms with Crippen molar-refractivity contribution in [3.8, 4) is 23.0 Å². The molecule has 6 rings (SSSR count). The fourth-order valence-electron chi connectivity index (χ4n) is 4.65. The van der Waals surface area contributed by atoms with Gasteiger partial charge in [-0.05, 0) is 42.8 Å². The maximum absolute atomic E-state index is 13.4. The molecular weight excluding hydrogens is 536 g/mol. The predicted octanol–water partition coefficient (Wildman–Crippen LogP) is 2.11. The van der Waals surface area contributed by atoms with Gasteiger partial charge in [0.1, 0.15) is 6.10 Å². The first-order chi connectivity index (χ1) is 19.3. The van der Waals surface area contributed by atoms with Crippen LogP contribution in [0.25, 0.3) is 0 Å². The summed E-state index contributed by atoms with van der Waals surface area (Å²) in [5, 5.41) is 8.60. The highest BCUT2D eigenvalue weighted by Crippen LogP contribution is 2.32. The molecule has 2 N–H and O–H groups in total. The number of nitrogens with zero attached hydrogens (tertiary/aromatic N) is 2. The summed E-state index contributed by atoms with van der Waals surface area (Å²) in [6.45, 7) is 2.41. The molecule has 0 radical (unpaired) electrons. The molecule has 1 saturated heterocycles. The Kier molecular flexibility index (Phi) is 8.06. The molecular formula is C28H30N4O7S. The van der Waals surface area contributed by atoms with Gasteiger partial charge in [0, 0.05) is 24.0 Å². The first-order valence-corrected chi connectivity index (χ1v) is 13.6. The van der Waals surface area contributed by atoms with Crippen LogP contribution < -0.4 is 29.6 Å². The second-order valence-corrected chi connectivity index (χ2v) is 10.5. The largest absolute Gasteiger partial charge is 0.493 e. The van der Waals surface area contributed by atoms with Gasteiger partial charge in [0.05, 0.1) is 43.9 Å². The van der Waals surface area contributed by atoms with Gasteiger partial charge in [0.2, 0.25) is 5.91 Å². The number of rotatable bonds is 4. The number of aryl methyl sites for hydroxylation is 1. The lowest BCUT2D eigenvalue weighted by Crippen LogP contribution is -2.45. The molecule has 4 bridgehead atoms. The summed E-state index contributed by atoms with van der Waals surface area (Å²) in [6, 6.07) is 9.57. The first-order valence-electron chi connectivity index (χ1n) is 12.7. The number of carbonyl (C=O) groups is 3. The maximum atomic E-state index is 13.4. The van der Waals surface area contributed by atoms with E-state index >= 15 is 0 Å². The molecule has 2 aromatic carbocycles. The van der Waals surface area contributed by atoms with E-state index in [4.69, 9.17) is 18.9 Å². The number of methoxy groups -OCH3 is 2. The number of amides is 3. The molecule has 0 saturated carbocycles. The minimum Gasteiger partial charge on any atom is -0.493 e. The van der Waals surface area contributed by atoms with Gasteiger partial charge < -0.3 is 34.5 Å². The van der Waals surface area contributed by atoms with Crippen molar-refractivity contribution in [2.45, 2.75) is 32.0 Å². The van der Waals surface area contributed by atoms with Crippen molar-refractivity contribution >= 4 is 29.1 Å². The van der Waals surface area contributed by atoms with Crippen LogP contribution >= 0.6 is 11.3 Å². The van der Waals surface area contributed by atoms with Gasteiger partial charge in [-0.15, -0.1) is 11.3 Å². The summed E-state index contributed by atoms with van der Waals surface area (Å²) in [7, 11) is 3.01. The highest BCUT2D eigenvalue weighted by molar-refractivity contribution is 7.09. The van der Waals surface area contributed by atoms with Crippen LogP contribution in [0, 0.1) is 6.92 Å². The molecule has 40 heavy (non-hydrogen) atoms. The number of benzene rings is 2. The molecule has 0 unspecified atom stereocenters. The summed E-state index contributed by atoms with van der Waals surface area (Å²) >= 11 is 1.50. The molecule has 3 aliphatic heterocycles. The molecule has 3 amide bonds. The zero-order chi connectivity index (χ0) is 28.2. The molecule has 1 aromatic heterocycles. The van der Waals surface area contributed by atoms with Crippen molar-refractivity contribution in [1.82, 2.24) is 20.5 Å². The van der Waals surface area contributed by atoms with E-state index in [0.717, 1.165) is 10.6 Å². The molecule has 1 fully saturated rings. The van der Waals surface area contributed by atoms with Crippen LogP contribution in [0.2, 0.25) is 0 Å². The Morgan fingerprint density at radius 1 is 1.10 bits per heavy atom. The molecule has 12 heteroatoms. The Hall–Kier alpha value is -4.32. The monoisotopic (exact) mass is 566 g/mol. The van der Waals surface area contributed by atoms with E-state index in [2.05, 4.69) is 15.6 Å². The summed E-state index contributed by atoms with van der Waals surface area (Å²) in [6.07, 6.45) is -0.380. The second kappa shape index (κ2) is 11.8. The molecule has 11 nitrogen and oxygen atoms in total. The third-order valence-corrected chi connectivity index (χ3v) is 7.54. The van der Waals surface area contributed by atoms with Crippen LogP contribution in [0.4, 0.5) is 0 Å². The fraction of sp³-hybridized carbons (Fsp3) is 0.357. The Morgan fingerprint density at radius 2 is 1.93 bits per heavy atom. The van der Waals surface area contributed by atoms with Crippen molar-refractivity contribution < 1.29 is 33.3 Å². The summed E-state index contributed by atoms with van der Waals surface area (Å²) in [5.74, 6) is 0.755. The number of ether oxygens (including phenoxy) is 4. The van der Waals surface area contributed by atoms with Gasteiger partial charge in [-0.25, -0.2) is 4.98 Å². The van der Waals surface area contributed by atoms with Crippen LogP contribution in [0.3, 0.4) is 0 Å². The summed E-state index contributed by atoms with van der Waals surface area (Å²) in [5.41, 5.74) is 1.82. The number of likely N-dealkylation sites (tertiary alicyclic amines) is 1. The number of hydrogen-bond acceptors (Lipinski definition) is 9. The lowest BCUT2D eigenvalue weighted by atomic mass is 10.1. The lowest BCUT2D eigenvalue weighted by Gasteiger charge is -2.22. The highest BCUT2D eigenvalue weighted by Gasteiger charge is 2.38. The molecule has 3 aromatic rings. The molecule has 0 spiro atoms. The van der Waals surface area contributed by atoms with E-state index in [1.807, 2.05) is 18.4 Å². The smallest absolute Gasteiger partial charge is 0.258 e. The summed E-state index contributed by atoms with van der Waals surface area (Å²) in [4.78, 5) is 45.1. The van der Waals surface area contributed by atoms with Gasteiger partial charge in [-0.3, -0.25) is 14.4 Å². The van der Waals surface area contributed by atoms with Gasteiger partial charge in [-0.1, -0.05) is 6.07 Å². The SMILES string of the molecule is COc1ccc2cc1OCC(=O)NCc1ccc(c(OC)c1)O[C@H]1CN(C(=O)Cc3csc(C)n3)C[C@@H]1NC2=O. The summed E-state index contributed by atoms with van der Waals surface area (Å²) < 4.78 is 23.0. The number of carbonyl (C=O) groups excluding carboxylic acids is 3. The van der Waals surface area contributed by atoms with E-state index in [9.17, 15) is 14.4 Å². The minimum absolute atomic E-state index is 0.101. The van der Waals surface area contributed by atoms with Crippen molar-refractivity contribution in [2.24, 2.45) is 0 Å². The maximum Gasteiger partial charge on any atom is 0.258 e. The first kappa shape index (κ1) is 27.3. The molecule has 3 aliphatic rings. The van der Waals surface area contributed by atoms with Gasteiger partial charge in [-0.2, -0.15) is 0 Å². The molecule has 4 heterocycles. The zero-order valence-corrected chi connectivity index (χ0v) is 23.2. The second-order valence-electron chi connectivity index (χ2n) is 9.49. The third-order valence-electron chi connectivity index (χ3n) is 6.71. The number of hydrogen-bond donors (Lipinski definition) is 2. The van der Waals surface area contributed by atoms with Crippen LogP contribution in [-0.4, -0.2) is 73.7 Å². The molecule has 2 atom stereocenters. The predicted molar refractivity (Wildman–Crippen MR) is 146 cm³/mol.